The summed E-state index contributed by atoms with van der Waals surface area (Å²) in [6.45, 7) is 0. The molecule has 4 nitrogen and oxygen atoms in total. The molecule has 5 heteroatoms. The van der Waals surface area contributed by atoms with Crippen molar-refractivity contribution >= 4 is 45.2 Å². The van der Waals surface area contributed by atoms with Crippen LogP contribution in [0.15, 0.2) is 54.6 Å². The minimum absolute atomic E-state index is 0.421. The summed E-state index contributed by atoms with van der Waals surface area (Å²) in [5, 5.41) is 11.0. The number of rotatable bonds is 2. The Labute approximate surface area is 143 Å². The molecule has 0 unspecified atom stereocenters. The van der Waals surface area contributed by atoms with E-state index >= 15 is 0 Å². The van der Waals surface area contributed by atoms with Gasteiger partial charge in [0, 0.05) is 5.39 Å². The molecule has 0 saturated heterocycles. The zero-order chi connectivity index (χ0) is 16.5. The molecule has 0 amide bonds. The van der Waals surface area contributed by atoms with Gasteiger partial charge in [-0.15, -0.1) is 0 Å². The number of aromatic nitrogens is 3. The number of hydrogen-bond acceptors (Lipinski definition) is 3. The van der Waals surface area contributed by atoms with Crippen LogP contribution in [0.1, 0.15) is 11.5 Å². The molecule has 114 valence electrons. The molecule has 0 aliphatic carbocycles. The van der Waals surface area contributed by atoms with Crippen LogP contribution in [0.25, 0.3) is 33.6 Å². The maximum absolute atomic E-state index is 9.50. The van der Waals surface area contributed by atoms with Crippen molar-refractivity contribution in [1.29, 1.82) is 5.26 Å². The number of allylic oxidation sites excluding steroid dienone is 1. The molecule has 0 bridgehead atoms. The van der Waals surface area contributed by atoms with Crippen LogP contribution in [-0.2, 0) is 0 Å². The van der Waals surface area contributed by atoms with Gasteiger partial charge in [-0.3, -0.25) is 0 Å². The van der Waals surface area contributed by atoms with Crippen molar-refractivity contribution in [3.63, 3.8) is 0 Å². The van der Waals surface area contributed by atoms with E-state index in [1.807, 2.05) is 48.5 Å². The fraction of sp³-hybridized carbons (Fsp3) is 0. The van der Waals surface area contributed by atoms with Gasteiger partial charge in [-0.05, 0) is 30.3 Å². The third-order valence-corrected chi connectivity index (χ3v) is 4.05. The summed E-state index contributed by atoms with van der Waals surface area (Å²) in [6, 6.07) is 19.3. The topological polar surface area (TPSA) is 65.4 Å². The number of hydrogen-bond donors (Lipinski definition) is 1. The molecule has 2 heterocycles. The Morgan fingerprint density at radius 1 is 1.04 bits per heavy atom. The minimum Gasteiger partial charge on any atom is -0.337 e. The monoisotopic (exact) mass is 330 g/mol. The van der Waals surface area contributed by atoms with Crippen LogP contribution in [0.4, 0.5) is 0 Å². The Hall–Kier alpha value is -3.16. The van der Waals surface area contributed by atoms with Crippen molar-refractivity contribution < 1.29 is 0 Å². The number of aromatic amines is 1. The molecule has 24 heavy (non-hydrogen) atoms. The standard InChI is InChI=1S/C19H11ClN4/c20-15-5-3-4-12-8-9-14(22-18(12)15)10-13(11-21)19-23-16-6-1-2-7-17(16)24-19/h1-10H,(H,23,24). The third-order valence-electron chi connectivity index (χ3n) is 3.75. The zero-order valence-corrected chi connectivity index (χ0v) is 13.2. The smallest absolute Gasteiger partial charge is 0.149 e. The summed E-state index contributed by atoms with van der Waals surface area (Å²) in [6.07, 6.45) is 1.71. The number of halogens is 1. The highest BCUT2D eigenvalue weighted by Gasteiger charge is 2.08. The van der Waals surface area contributed by atoms with E-state index in [0.717, 1.165) is 21.9 Å². The van der Waals surface area contributed by atoms with E-state index in [2.05, 4.69) is 21.0 Å². The van der Waals surface area contributed by atoms with Gasteiger partial charge in [-0.25, -0.2) is 9.97 Å². The molecule has 0 aliphatic heterocycles. The molecule has 0 radical (unpaired) electrons. The average Bonchev–Trinajstić information content (AvgIpc) is 3.04. The fourth-order valence-electron chi connectivity index (χ4n) is 2.59. The molecule has 0 atom stereocenters. The lowest BCUT2D eigenvalue weighted by Crippen LogP contribution is -1.88. The highest BCUT2D eigenvalue weighted by Crippen LogP contribution is 2.23. The fourth-order valence-corrected chi connectivity index (χ4v) is 2.81. The van der Waals surface area contributed by atoms with E-state index in [0.29, 0.717) is 22.1 Å². The maximum Gasteiger partial charge on any atom is 0.149 e. The molecule has 2 aromatic carbocycles. The van der Waals surface area contributed by atoms with Crippen molar-refractivity contribution in [3.05, 3.63) is 71.1 Å². The lowest BCUT2D eigenvalue weighted by molar-refractivity contribution is 1.27. The quantitative estimate of drug-likeness (QED) is 0.535. The van der Waals surface area contributed by atoms with Crippen molar-refractivity contribution in [3.8, 4) is 6.07 Å². The Morgan fingerprint density at radius 2 is 1.92 bits per heavy atom. The van der Waals surface area contributed by atoms with E-state index in [4.69, 9.17) is 11.6 Å². The molecule has 4 aromatic rings. The number of nitriles is 1. The summed E-state index contributed by atoms with van der Waals surface area (Å²) in [5.41, 5.74) is 3.51. The molecule has 0 spiro atoms. The Kier molecular flexibility index (Phi) is 3.49. The molecule has 0 aliphatic rings. The van der Waals surface area contributed by atoms with Crippen LogP contribution >= 0.6 is 11.6 Å². The second kappa shape index (κ2) is 5.80. The van der Waals surface area contributed by atoms with Crippen molar-refractivity contribution in [2.45, 2.75) is 0 Å². The average molecular weight is 331 g/mol. The number of imidazole rings is 1. The second-order valence-corrected chi connectivity index (χ2v) is 5.73. The molecular formula is C19H11ClN4. The van der Waals surface area contributed by atoms with Crippen LogP contribution in [0, 0.1) is 11.3 Å². The van der Waals surface area contributed by atoms with E-state index in [9.17, 15) is 5.26 Å². The SMILES string of the molecule is N#CC(=Cc1ccc2cccc(Cl)c2n1)c1nc2ccccc2[nH]1. The van der Waals surface area contributed by atoms with E-state index in [-0.39, 0.29) is 0 Å². The van der Waals surface area contributed by atoms with Gasteiger partial charge < -0.3 is 4.98 Å². The molecule has 0 fully saturated rings. The lowest BCUT2D eigenvalue weighted by Gasteiger charge is -2.01. The van der Waals surface area contributed by atoms with Crippen LogP contribution in [0.2, 0.25) is 5.02 Å². The largest absolute Gasteiger partial charge is 0.337 e. The van der Waals surface area contributed by atoms with Crippen molar-refractivity contribution in [1.82, 2.24) is 15.0 Å². The number of H-pyrrole nitrogens is 1. The van der Waals surface area contributed by atoms with Crippen molar-refractivity contribution in [2.24, 2.45) is 0 Å². The first kappa shape index (κ1) is 14.4. The van der Waals surface area contributed by atoms with Crippen LogP contribution in [0.3, 0.4) is 0 Å². The number of benzene rings is 2. The predicted octanol–water partition coefficient (Wildman–Crippen LogP) is 4.83. The molecule has 2 aromatic heterocycles. The number of nitrogens with one attached hydrogen (secondary N) is 1. The van der Waals surface area contributed by atoms with Gasteiger partial charge in [0.25, 0.3) is 0 Å². The van der Waals surface area contributed by atoms with Gasteiger partial charge in [0.1, 0.15) is 11.9 Å². The molecular weight excluding hydrogens is 320 g/mol. The Morgan fingerprint density at radius 3 is 2.75 bits per heavy atom. The number of fused-ring (bicyclic) bond motifs is 2. The van der Waals surface area contributed by atoms with Crippen LogP contribution in [0.5, 0.6) is 0 Å². The minimum atomic E-state index is 0.421. The van der Waals surface area contributed by atoms with Gasteiger partial charge >= 0.3 is 0 Å². The Balaban J connectivity index is 1.83. The first-order chi connectivity index (χ1) is 11.7. The first-order valence-corrected chi connectivity index (χ1v) is 7.74. The Bertz CT molecular complexity index is 1100. The molecule has 0 saturated carbocycles. The normalized spacial score (nSPS) is 11.8. The number of para-hydroxylation sites is 3. The summed E-state index contributed by atoms with van der Waals surface area (Å²) >= 11 is 6.20. The molecule has 4 rings (SSSR count). The van der Waals surface area contributed by atoms with E-state index in [1.54, 1.807) is 12.1 Å². The predicted molar refractivity (Wildman–Crippen MR) is 96.3 cm³/mol. The number of nitrogens with zero attached hydrogens (tertiary/aromatic N) is 3. The van der Waals surface area contributed by atoms with Gasteiger partial charge in [-0.1, -0.05) is 41.9 Å². The highest BCUT2D eigenvalue weighted by atomic mass is 35.5. The molecule has 1 N–H and O–H groups in total. The van der Waals surface area contributed by atoms with E-state index < -0.39 is 0 Å². The van der Waals surface area contributed by atoms with Gasteiger partial charge in [0.05, 0.1) is 32.8 Å². The lowest BCUT2D eigenvalue weighted by atomic mass is 10.1. The summed E-state index contributed by atoms with van der Waals surface area (Å²) < 4.78 is 0. The first-order valence-electron chi connectivity index (χ1n) is 7.37. The number of pyridine rings is 1. The van der Waals surface area contributed by atoms with Crippen molar-refractivity contribution in [2.75, 3.05) is 0 Å². The van der Waals surface area contributed by atoms with Gasteiger partial charge in [0.15, 0.2) is 0 Å². The third kappa shape index (κ3) is 2.51. The van der Waals surface area contributed by atoms with E-state index in [1.165, 1.54) is 0 Å². The van der Waals surface area contributed by atoms with Crippen LogP contribution in [-0.4, -0.2) is 15.0 Å². The summed E-state index contributed by atoms with van der Waals surface area (Å²) in [5.74, 6) is 0.528. The van der Waals surface area contributed by atoms with Crippen LogP contribution < -0.4 is 0 Å². The zero-order valence-electron chi connectivity index (χ0n) is 12.5. The van der Waals surface area contributed by atoms with Gasteiger partial charge in [-0.2, -0.15) is 5.26 Å². The second-order valence-electron chi connectivity index (χ2n) is 5.32. The van der Waals surface area contributed by atoms with Gasteiger partial charge in [0.2, 0.25) is 0 Å². The maximum atomic E-state index is 9.50. The summed E-state index contributed by atoms with van der Waals surface area (Å²) in [7, 11) is 0. The highest BCUT2D eigenvalue weighted by molar-refractivity contribution is 6.35. The summed E-state index contributed by atoms with van der Waals surface area (Å²) in [4.78, 5) is 12.2.